The molecule has 0 aromatic rings. The second-order valence-electron chi connectivity index (χ2n) is 2.31. The molecule has 0 unspecified atom stereocenters. The molecule has 0 aromatic heterocycles. The van der Waals surface area contributed by atoms with Crippen LogP contribution in [-0.2, 0) is 4.79 Å². The summed E-state index contributed by atoms with van der Waals surface area (Å²) in [6.45, 7) is 0. The van der Waals surface area contributed by atoms with Crippen molar-refractivity contribution in [3.8, 4) is 0 Å². The summed E-state index contributed by atoms with van der Waals surface area (Å²) in [5.74, 6) is -0.971. The Balaban J connectivity index is 2.41. The van der Waals surface area contributed by atoms with E-state index in [1.54, 1.807) is 12.2 Å². The molecule has 2 rings (SSSR count). The van der Waals surface area contributed by atoms with Crippen molar-refractivity contribution in [2.45, 2.75) is 0 Å². The highest BCUT2D eigenvalue weighted by molar-refractivity contribution is 6.17. The van der Waals surface area contributed by atoms with Crippen molar-refractivity contribution in [3.05, 3.63) is 35.6 Å². The molecule has 1 heterocycles. The lowest BCUT2D eigenvalue weighted by Gasteiger charge is -1.84. The summed E-state index contributed by atoms with van der Waals surface area (Å²) in [5, 5.41) is 8.54. The molecular weight excluding hydrogens is 142 g/mol. The van der Waals surface area contributed by atoms with Gasteiger partial charge < -0.3 is 5.11 Å². The van der Waals surface area contributed by atoms with Crippen molar-refractivity contribution in [1.29, 1.82) is 0 Å². The van der Waals surface area contributed by atoms with Crippen LogP contribution in [0.4, 0.5) is 0 Å². The third-order valence-electron chi connectivity index (χ3n) is 1.58. The van der Waals surface area contributed by atoms with Gasteiger partial charge in [-0.3, -0.25) is 0 Å². The van der Waals surface area contributed by atoms with Crippen LogP contribution in [0.2, 0.25) is 0 Å². The Bertz CT molecular complexity index is 345. The fourth-order valence-corrected chi connectivity index (χ4v) is 1.07. The molecule has 0 amide bonds. The summed E-state index contributed by atoms with van der Waals surface area (Å²) in [7, 11) is 0. The van der Waals surface area contributed by atoms with Crippen molar-refractivity contribution in [1.82, 2.24) is 0 Å². The van der Waals surface area contributed by atoms with Crippen LogP contribution in [0.15, 0.2) is 40.6 Å². The van der Waals surface area contributed by atoms with E-state index in [0.717, 1.165) is 11.3 Å². The Morgan fingerprint density at radius 3 is 3.00 bits per heavy atom. The van der Waals surface area contributed by atoms with E-state index >= 15 is 0 Å². The largest absolute Gasteiger partial charge is 0.477 e. The number of nitrogens with zero attached hydrogens (tertiary/aromatic N) is 1. The van der Waals surface area contributed by atoms with Gasteiger partial charge in [0.25, 0.3) is 0 Å². The maximum absolute atomic E-state index is 10.4. The molecule has 0 spiro atoms. The Morgan fingerprint density at radius 2 is 2.36 bits per heavy atom. The topological polar surface area (TPSA) is 49.7 Å². The van der Waals surface area contributed by atoms with Gasteiger partial charge in [-0.15, -0.1) is 0 Å². The summed E-state index contributed by atoms with van der Waals surface area (Å²) in [6.07, 6.45) is 7.05. The lowest BCUT2D eigenvalue weighted by molar-refractivity contribution is -0.132. The predicted octanol–water partition coefficient (Wildman–Crippen LogP) is 0.906. The van der Waals surface area contributed by atoms with E-state index in [-0.39, 0.29) is 5.70 Å². The van der Waals surface area contributed by atoms with Gasteiger partial charge >= 0.3 is 5.97 Å². The van der Waals surface area contributed by atoms with Gasteiger partial charge in [-0.25, -0.2) is 9.79 Å². The molecule has 3 heteroatoms. The van der Waals surface area contributed by atoms with Crippen LogP contribution in [-0.4, -0.2) is 16.8 Å². The first-order chi connectivity index (χ1) is 5.27. The summed E-state index contributed by atoms with van der Waals surface area (Å²) >= 11 is 0. The van der Waals surface area contributed by atoms with Crippen molar-refractivity contribution in [3.63, 3.8) is 0 Å². The predicted molar refractivity (Wildman–Crippen MR) is 40.4 cm³/mol. The van der Waals surface area contributed by atoms with Crippen LogP contribution in [0.1, 0.15) is 0 Å². The molecule has 54 valence electrons. The average Bonchev–Trinajstić information content (AvgIpc) is 2.40. The van der Waals surface area contributed by atoms with Gasteiger partial charge in [-0.05, 0) is 12.2 Å². The summed E-state index contributed by atoms with van der Waals surface area (Å²) in [5.41, 5.74) is 1.76. The SMILES string of the molecule is O=C(O)C1=CC2=CC=CC2=N1. The number of hydrogen-bond acceptors (Lipinski definition) is 2. The summed E-state index contributed by atoms with van der Waals surface area (Å²) in [4.78, 5) is 14.3. The van der Waals surface area contributed by atoms with Gasteiger partial charge in [-0.1, -0.05) is 12.2 Å². The van der Waals surface area contributed by atoms with E-state index in [1.165, 1.54) is 0 Å². The van der Waals surface area contributed by atoms with Crippen molar-refractivity contribution >= 4 is 11.7 Å². The maximum atomic E-state index is 10.4. The fraction of sp³-hybridized carbons (Fsp3) is 0. The monoisotopic (exact) mass is 147 g/mol. The Morgan fingerprint density at radius 1 is 1.55 bits per heavy atom. The molecule has 2 aliphatic rings. The molecule has 1 aliphatic heterocycles. The second-order valence-corrected chi connectivity index (χ2v) is 2.31. The average molecular weight is 147 g/mol. The van der Waals surface area contributed by atoms with Gasteiger partial charge in [0.15, 0.2) is 0 Å². The van der Waals surface area contributed by atoms with E-state index < -0.39 is 5.97 Å². The number of aliphatic carboxylic acids is 1. The van der Waals surface area contributed by atoms with Crippen LogP contribution in [0.3, 0.4) is 0 Å². The highest BCUT2D eigenvalue weighted by Crippen LogP contribution is 2.20. The Hall–Kier alpha value is -1.64. The zero-order valence-electron chi connectivity index (χ0n) is 5.61. The van der Waals surface area contributed by atoms with Crippen LogP contribution in [0.25, 0.3) is 0 Å². The normalized spacial score (nSPS) is 19.1. The third-order valence-corrected chi connectivity index (χ3v) is 1.58. The number of carbonyl (C=O) groups is 1. The highest BCUT2D eigenvalue weighted by Gasteiger charge is 2.18. The number of rotatable bonds is 1. The molecule has 1 N–H and O–H groups in total. The maximum Gasteiger partial charge on any atom is 0.354 e. The summed E-state index contributed by atoms with van der Waals surface area (Å²) < 4.78 is 0. The molecule has 0 aromatic carbocycles. The number of carboxylic acids is 1. The molecule has 0 radical (unpaired) electrons. The molecule has 0 atom stereocenters. The molecule has 3 nitrogen and oxygen atoms in total. The van der Waals surface area contributed by atoms with E-state index in [0.29, 0.717) is 0 Å². The number of hydrogen-bond donors (Lipinski definition) is 1. The van der Waals surface area contributed by atoms with Gasteiger partial charge in [-0.2, -0.15) is 0 Å². The smallest absolute Gasteiger partial charge is 0.354 e. The molecule has 0 bridgehead atoms. The van der Waals surface area contributed by atoms with Gasteiger partial charge in [0, 0.05) is 5.57 Å². The van der Waals surface area contributed by atoms with Crippen molar-refractivity contribution in [2.24, 2.45) is 4.99 Å². The zero-order valence-corrected chi connectivity index (χ0v) is 5.61. The Kier molecular flexibility index (Phi) is 1.06. The lowest BCUT2D eigenvalue weighted by Crippen LogP contribution is -1.95. The van der Waals surface area contributed by atoms with Crippen LogP contribution >= 0.6 is 0 Å². The first-order valence-electron chi connectivity index (χ1n) is 3.20. The highest BCUT2D eigenvalue weighted by atomic mass is 16.4. The second kappa shape index (κ2) is 1.92. The van der Waals surface area contributed by atoms with E-state index in [4.69, 9.17) is 5.11 Å². The van der Waals surface area contributed by atoms with Crippen molar-refractivity contribution in [2.75, 3.05) is 0 Å². The standard InChI is InChI=1S/C8H5NO2/c10-8(11)7-4-5-2-1-3-6(5)9-7/h1-4H,(H,10,11). The first kappa shape index (κ1) is 6.09. The van der Waals surface area contributed by atoms with Crippen LogP contribution in [0, 0.1) is 0 Å². The van der Waals surface area contributed by atoms with E-state index in [1.807, 2.05) is 12.2 Å². The number of fused-ring (bicyclic) bond motifs is 1. The summed E-state index contributed by atoms with van der Waals surface area (Å²) in [6, 6.07) is 0. The van der Waals surface area contributed by atoms with Gasteiger partial charge in [0.2, 0.25) is 0 Å². The fourth-order valence-electron chi connectivity index (χ4n) is 1.07. The van der Waals surface area contributed by atoms with Crippen LogP contribution in [0.5, 0.6) is 0 Å². The zero-order chi connectivity index (χ0) is 7.84. The Labute approximate surface area is 63.1 Å². The minimum Gasteiger partial charge on any atom is -0.477 e. The van der Waals surface area contributed by atoms with Gasteiger partial charge in [0.1, 0.15) is 5.70 Å². The number of aliphatic imine (C=N–C) groups is 1. The quantitative estimate of drug-likeness (QED) is 0.599. The third kappa shape index (κ3) is 0.816. The van der Waals surface area contributed by atoms with E-state index in [2.05, 4.69) is 4.99 Å². The molecule has 11 heavy (non-hydrogen) atoms. The van der Waals surface area contributed by atoms with Crippen molar-refractivity contribution < 1.29 is 9.90 Å². The molecule has 0 saturated heterocycles. The van der Waals surface area contributed by atoms with Gasteiger partial charge in [0.05, 0.1) is 5.71 Å². The van der Waals surface area contributed by atoms with E-state index in [9.17, 15) is 4.79 Å². The molecule has 0 fully saturated rings. The molecule has 0 saturated carbocycles. The molecular formula is C8H5NO2. The lowest BCUT2D eigenvalue weighted by atomic mass is 10.2. The number of carboxylic acid groups (broad SMARTS) is 1. The minimum atomic E-state index is -0.971. The minimum absolute atomic E-state index is 0.121. The molecule has 1 aliphatic carbocycles. The first-order valence-corrected chi connectivity index (χ1v) is 3.20. The van der Waals surface area contributed by atoms with Crippen LogP contribution < -0.4 is 0 Å². The number of allylic oxidation sites excluding steroid dienone is 5.